The van der Waals surface area contributed by atoms with Crippen LogP contribution < -0.4 is 15.8 Å². The van der Waals surface area contributed by atoms with Crippen LogP contribution in [-0.4, -0.2) is 22.7 Å². The molecule has 34 heavy (non-hydrogen) atoms. The number of benzene rings is 2. The van der Waals surface area contributed by atoms with E-state index in [0.717, 1.165) is 32.6 Å². The number of hydrogen-bond donors (Lipinski definition) is 3. The summed E-state index contributed by atoms with van der Waals surface area (Å²) in [5.74, 6) is -1.45. The fourth-order valence-electron chi connectivity index (χ4n) is 4.48. The van der Waals surface area contributed by atoms with Crippen LogP contribution in [-0.2, 0) is 20.8 Å². The number of carbonyl (C=O) groups excluding carboxylic acids is 3. The van der Waals surface area contributed by atoms with Crippen molar-refractivity contribution in [2.45, 2.75) is 25.8 Å². The lowest BCUT2D eigenvalue weighted by Crippen LogP contribution is -2.46. The number of aromatic nitrogens is 1. The van der Waals surface area contributed by atoms with Gasteiger partial charge in [-0.2, -0.15) is 0 Å². The van der Waals surface area contributed by atoms with Gasteiger partial charge < -0.3 is 9.88 Å². The number of hydrogen-bond acceptors (Lipinski definition) is 4. The Hall–Kier alpha value is -3.91. The molecule has 7 nitrogen and oxygen atoms in total. The minimum atomic E-state index is -0.624. The molecule has 2 aromatic heterocycles. The second-order valence-corrected chi connectivity index (χ2v) is 9.42. The fraction of sp³-hybridized carbons (Fsp3) is 0.192. The molecule has 3 amide bonds. The smallest absolute Gasteiger partial charge is 0.244 e. The molecule has 1 saturated heterocycles. The lowest BCUT2D eigenvalue weighted by atomic mass is 9.98. The maximum absolute atomic E-state index is 13.1. The molecule has 0 aliphatic carbocycles. The summed E-state index contributed by atoms with van der Waals surface area (Å²) in [5.41, 5.74) is 8.73. The first-order chi connectivity index (χ1) is 16.5. The van der Waals surface area contributed by atoms with Crippen molar-refractivity contribution in [2.75, 3.05) is 4.90 Å². The molecule has 172 valence electrons. The van der Waals surface area contributed by atoms with Crippen molar-refractivity contribution in [2.24, 2.45) is 5.92 Å². The number of aryl methyl sites for hydroxylation is 1. The molecular formula is C26H24N4O3S. The molecule has 3 N–H and O–H groups in total. The highest BCUT2D eigenvalue weighted by molar-refractivity contribution is 7.10. The van der Waals surface area contributed by atoms with Crippen LogP contribution in [0.15, 0.2) is 72.2 Å². The van der Waals surface area contributed by atoms with Gasteiger partial charge in [-0.05, 0) is 42.1 Å². The molecule has 1 fully saturated rings. The van der Waals surface area contributed by atoms with Crippen LogP contribution in [0.5, 0.6) is 0 Å². The average molecular weight is 473 g/mol. The minimum Gasteiger partial charge on any atom is -0.361 e. The first-order valence-corrected chi connectivity index (χ1v) is 11.9. The largest absolute Gasteiger partial charge is 0.361 e. The number of thiophene rings is 1. The summed E-state index contributed by atoms with van der Waals surface area (Å²) in [6.45, 7) is 1.99. The summed E-state index contributed by atoms with van der Waals surface area (Å²) in [4.78, 5) is 44.5. The number of H-pyrrole nitrogens is 1. The minimum absolute atomic E-state index is 0.0700. The topological polar surface area (TPSA) is 94.3 Å². The van der Waals surface area contributed by atoms with E-state index in [-0.39, 0.29) is 30.6 Å². The SMILES string of the molecule is Cc1ccc(N2C(=O)CC(C(=O)NNC(=O)Cc3c[nH]c4ccccc34)C2c2cccs2)cc1. The Balaban J connectivity index is 1.30. The van der Waals surface area contributed by atoms with E-state index in [4.69, 9.17) is 0 Å². The third kappa shape index (κ3) is 4.20. The van der Waals surface area contributed by atoms with E-state index in [1.165, 1.54) is 11.3 Å². The van der Waals surface area contributed by atoms with Gasteiger partial charge in [-0.15, -0.1) is 11.3 Å². The Morgan fingerprint density at radius 2 is 1.85 bits per heavy atom. The number of fused-ring (bicyclic) bond motifs is 1. The number of amides is 3. The number of para-hydroxylation sites is 1. The van der Waals surface area contributed by atoms with Crippen LogP contribution in [0, 0.1) is 12.8 Å². The Bertz CT molecular complexity index is 1340. The Labute approximate surface area is 200 Å². The van der Waals surface area contributed by atoms with Crippen molar-refractivity contribution in [3.63, 3.8) is 0 Å². The van der Waals surface area contributed by atoms with Crippen LogP contribution in [0.2, 0.25) is 0 Å². The Kier molecular flexibility index (Phi) is 5.90. The summed E-state index contributed by atoms with van der Waals surface area (Å²) in [5, 5.41) is 2.90. The van der Waals surface area contributed by atoms with Crippen molar-refractivity contribution < 1.29 is 14.4 Å². The molecule has 2 atom stereocenters. The van der Waals surface area contributed by atoms with Gasteiger partial charge in [-0.3, -0.25) is 25.2 Å². The standard InChI is InChI=1S/C26H24N4O3S/c1-16-8-10-18(11-9-16)30-24(32)14-20(25(30)22-7-4-12-34-22)26(33)29-28-23(31)13-17-15-27-21-6-3-2-5-19(17)21/h2-12,15,20,25,27H,13-14H2,1H3,(H,28,31)(H,29,33). The van der Waals surface area contributed by atoms with Crippen LogP contribution in [0.4, 0.5) is 5.69 Å². The maximum Gasteiger partial charge on any atom is 0.244 e. The van der Waals surface area contributed by atoms with Gasteiger partial charge in [0.05, 0.1) is 18.4 Å². The first kappa shape index (κ1) is 21.9. The molecule has 0 radical (unpaired) electrons. The van der Waals surface area contributed by atoms with Crippen molar-refractivity contribution in [3.8, 4) is 0 Å². The van der Waals surface area contributed by atoms with Crippen LogP contribution >= 0.6 is 11.3 Å². The van der Waals surface area contributed by atoms with Gasteiger partial charge in [0.2, 0.25) is 17.7 Å². The first-order valence-electron chi connectivity index (χ1n) is 11.1. The van der Waals surface area contributed by atoms with E-state index in [9.17, 15) is 14.4 Å². The van der Waals surface area contributed by atoms with Gasteiger partial charge in [0.1, 0.15) is 0 Å². The van der Waals surface area contributed by atoms with E-state index >= 15 is 0 Å². The Morgan fingerprint density at radius 1 is 1.06 bits per heavy atom. The molecule has 0 spiro atoms. The molecule has 5 rings (SSSR count). The van der Waals surface area contributed by atoms with Crippen molar-refractivity contribution >= 4 is 45.6 Å². The van der Waals surface area contributed by atoms with E-state index in [1.807, 2.05) is 73.0 Å². The monoisotopic (exact) mass is 472 g/mol. The van der Waals surface area contributed by atoms with E-state index < -0.39 is 12.0 Å². The molecule has 2 unspecified atom stereocenters. The predicted octanol–water partition coefficient (Wildman–Crippen LogP) is 4.02. The number of carbonyl (C=O) groups is 3. The van der Waals surface area contributed by atoms with Crippen LogP contribution in [0.25, 0.3) is 10.9 Å². The highest BCUT2D eigenvalue weighted by Crippen LogP contribution is 2.43. The zero-order valence-corrected chi connectivity index (χ0v) is 19.4. The summed E-state index contributed by atoms with van der Waals surface area (Å²) in [6.07, 6.45) is 1.99. The summed E-state index contributed by atoms with van der Waals surface area (Å²) >= 11 is 1.51. The van der Waals surface area contributed by atoms with Gasteiger partial charge >= 0.3 is 0 Å². The zero-order valence-electron chi connectivity index (χ0n) is 18.6. The molecule has 0 bridgehead atoms. The molecule has 3 heterocycles. The average Bonchev–Trinajstić information content (AvgIpc) is 3.57. The van der Waals surface area contributed by atoms with Crippen molar-refractivity contribution in [3.05, 3.63) is 88.2 Å². The molecule has 1 aliphatic rings. The molecule has 2 aromatic carbocycles. The van der Waals surface area contributed by atoms with Gasteiger partial charge in [0.25, 0.3) is 0 Å². The van der Waals surface area contributed by atoms with Crippen molar-refractivity contribution in [1.82, 2.24) is 15.8 Å². The Morgan fingerprint density at radius 3 is 2.62 bits per heavy atom. The lowest BCUT2D eigenvalue weighted by molar-refractivity contribution is -0.131. The second kappa shape index (κ2) is 9.15. The number of aromatic amines is 1. The summed E-state index contributed by atoms with van der Waals surface area (Å²) in [6, 6.07) is 18.9. The van der Waals surface area contributed by atoms with E-state index in [0.29, 0.717) is 0 Å². The van der Waals surface area contributed by atoms with Crippen molar-refractivity contribution in [1.29, 1.82) is 0 Å². The number of hydrazine groups is 1. The molecule has 0 saturated carbocycles. The quantitative estimate of drug-likeness (QED) is 0.383. The number of nitrogens with one attached hydrogen (secondary N) is 3. The van der Waals surface area contributed by atoms with Crippen LogP contribution in [0.1, 0.15) is 28.5 Å². The third-order valence-corrected chi connectivity index (χ3v) is 7.10. The van der Waals surface area contributed by atoms with E-state index in [2.05, 4.69) is 15.8 Å². The zero-order chi connectivity index (χ0) is 23.7. The summed E-state index contributed by atoms with van der Waals surface area (Å²) in [7, 11) is 0. The molecule has 1 aliphatic heterocycles. The van der Waals surface area contributed by atoms with Crippen LogP contribution in [0.3, 0.4) is 0 Å². The van der Waals surface area contributed by atoms with Gasteiger partial charge in [-0.25, -0.2) is 0 Å². The number of nitrogens with zero attached hydrogens (tertiary/aromatic N) is 1. The van der Waals surface area contributed by atoms with Gasteiger partial charge in [0, 0.05) is 34.1 Å². The molecule has 4 aromatic rings. The molecular weight excluding hydrogens is 448 g/mol. The van der Waals surface area contributed by atoms with E-state index in [1.54, 1.807) is 11.1 Å². The highest BCUT2D eigenvalue weighted by atomic mass is 32.1. The van der Waals surface area contributed by atoms with Gasteiger partial charge in [0.15, 0.2) is 0 Å². The third-order valence-electron chi connectivity index (χ3n) is 6.16. The maximum atomic E-state index is 13.1. The molecule has 8 heteroatoms. The highest BCUT2D eigenvalue weighted by Gasteiger charge is 2.45. The second-order valence-electron chi connectivity index (χ2n) is 8.44. The summed E-state index contributed by atoms with van der Waals surface area (Å²) < 4.78 is 0. The number of rotatable bonds is 5. The normalized spacial score (nSPS) is 17.8. The lowest BCUT2D eigenvalue weighted by Gasteiger charge is -2.27. The predicted molar refractivity (Wildman–Crippen MR) is 132 cm³/mol. The van der Waals surface area contributed by atoms with Gasteiger partial charge in [-0.1, -0.05) is 42.0 Å². The fourth-order valence-corrected chi connectivity index (χ4v) is 5.36. The number of anilines is 1.